The monoisotopic (exact) mass is 321 g/mol. The van der Waals surface area contributed by atoms with Gasteiger partial charge in [-0.25, -0.2) is 4.39 Å². The maximum Gasteiger partial charge on any atom is 0.307 e. The van der Waals surface area contributed by atoms with Gasteiger partial charge in [0.1, 0.15) is 5.82 Å². The first-order chi connectivity index (χ1) is 8.00. The number of halogens is 3. The van der Waals surface area contributed by atoms with Crippen molar-refractivity contribution in [3.05, 3.63) is 33.0 Å². The third-order valence-electron chi connectivity index (χ3n) is 2.91. The van der Waals surface area contributed by atoms with Crippen molar-refractivity contribution >= 4 is 33.5 Å². The Bertz CT molecular complexity index is 469. The lowest BCUT2D eigenvalue weighted by molar-refractivity contribution is -0.141. The van der Waals surface area contributed by atoms with Crippen LogP contribution in [-0.2, 0) is 4.79 Å². The average molecular weight is 323 g/mol. The molecule has 1 aromatic rings. The highest BCUT2D eigenvalue weighted by Gasteiger charge is 2.33. The fourth-order valence-corrected chi connectivity index (χ4v) is 2.63. The van der Waals surface area contributed by atoms with E-state index in [9.17, 15) is 9.18 Å². The van der Waals surface area contributed by atoms with Gasteiger partial charge in [-0.05, 0) is 34.5 Å². The normalized spacial score (nSPS) is 23.9. The molecule has 2 unspecified atom stereocenters. The van der Waals surface area contributed by atoms with E-state index in [1.807, 2.05) is 0 Å². The third-order valence-corrected chi connectivity index (χ3v) is 3.85. The second kappa shape index (κ2) is 4.92. The minimum absolute atomic E-state index is 0.314. The van der Waals surface area contributed by atoms with Crippen molar-refractivity contribution in [1.29, 1.82) is 0 Å². The molecule has 1 fully saturated rings. The Morgan fingerprint density at radius 2 is 2.29 bits per heavy atom. The maximum absolute atomic E-state index is 13.9. The van der Waals surface area contributed by atoms with Crippen LogP contribution in [0.2, 0.25) is 5.02 Å². The lowest BCUT2D eigenvalue weighted by Crippen LogP contribution is -2.18. The van der Waals surface area contributed by atoms with E-state index in [1.165, 1.54) is 6.07 Å². The Hall–Kier alpha value is -0.650. The average Bonchev–Trinajstić information content (AvgIpc) is 2.73. The van der Waals surface area contributed by atoms with Gasteiger partial charge in [0.25, 0.3) is 0 Å². The van der Waals surface area contributed by atoms with Crippen LogP contribution in [0.5, 0.6) is 0 Å². The summed E-state index contributed by atoms with van der Waals surface area (Å²) in [6.45, 7) is 0.336. The van der Waals surface area contributed by atoms with Crippen molar-refractivity contribution in [2.45, 2.75) is 12.5 Å². The standard InChI is InChI=1S/C11H10BrClFNO2/c12-6-1-2-7(13)9(10(6)14)8-3-5(4-15-8)11(16)17/h1-2,5,8,15H,3-4H2,(H,16,17). The summed E-state index contributed by atoms with van der Waals surface area (Å²) in [7, 11) is 0. The van der Waals surface area contributed by atoms with Gasteiger partial charge in [0.05, 0.1) is 10.4 Å². The molecule has 0 saturated carbocycles. The zero-order valence-corrected chi connectivity index (χ0v) is 11.1. The molecule has 0 aliphatic carbocycles. The van der Waals surface area contributed by atoms with E-state index in [2.05, 4.69) is 21.2 Å². The van der Waals surface area contributed by atoms with Crippen molar-refractivity contribution in [2.24, 2.45) is 5.92 Å². The van der Waals surface area contributed by atoms with Crippen LogP contribution in [0.1, 0.15) is 18.0 Å². The Morgan fingerprint density at radius 3 is 2.88 bits per heavy atom. The molecule has 1 aromatic carbocycles. The molecule has 0 aromatic heterocycles. The van der Waals surface area contributed by atoms with E-state index < -0.39 is 17.7 Å². The van der Waals surface area contributed by atoms with Crippen LogP contribution in [0, 0.1) is 11.7 Å². The molecule has 1 saturated heterocycles. The molecule has 0 amide bonds. The molecule has 3 nitrogen and oxygen atoms in total. The molecular weight excluding hydrogens is 312 g/mol. The first-order valence-electron chi connectivity index (χ1n) is 5.10. The van der Waals surface area contributed by atoms with E-state index in [0.717, 1.165) is 0 Å². The van der Waals surface area contributed by atoms with E-state index in [-0.39, 0.29) is 6.04 Å². The quantitative estimate of drug-likeness (QED) is 0.823. The van der Waals surface area contributed by atoms with Crippen molar-refractivity contribution in [2.75, 3.05) is 6.54 Å². The van der Waals surface area contributed by atoms with Crippen molar-refractivity contribution < 1.29 is 14.3 Å². The summed E-state index contributed by atoms with van der Waals surface area (Å²) < 4.78 is 14.3. The van der Waals surface area contributed by atoms with Gasteiger partial charge in [-0.2, -0.15) is 0 Å². The van der Waals surface area contributed by atoms with Gasteiger partial charge in [0.15, 0.2) is 0 Å². The molecular formula is C11H10BrClFNO2. The predicted octanol–water partition coefficient (Wildman–Crippen LogP) is 2.98. The lowest BCUT2D eigenvalue weighted by Gasteiger charge is -2.14. The first kappa shape index (κ1) is 12.8. The molecule has 6 heteroatoms. The number of carboxylic acids is 1. The Kier molecular flexibility index (Phi) is 3.70. The molecule has 92 valence electrons. The van der Waals surface area contributed by atoms with Gasteiger partial charge in [-0.1, -0.05) is 11.6 Å². The summed E-state index contributed by atoms with van der Waals surface area (Å²) in [5.74, 6) is -1.79. The predicted molar refractivity (Wildman–Crippen MR) is 65.6 cm³/mol. The highest BCUT2D eigenvalue weighted by molar-refractivity contribution is 9.10. The van der Waals surface area contributed by atoms with Crippen molar-refractivity contribution in [3.63, 3.8) is 0 Å². The van der Waals surface area contributed by atoms with E-state index in [4.69, 9.17) is 16.7 Å². The summed E-state index contributed by atoms with van der Waals surface area (Å²) in [6.07, 6.45) is 0.350. The summed E-state index contributed by atoms with van der Waals surface area (Å²) in [6, 6.07) is 2.78. The Balaban J connectivity index is 2.30. The maximum atomic E-state index is 13.9. The van der Waals surface area contributed by atoms with Crippen LogP contribution in [0.3, 0.4) is 0 Å². The summed E-state index contributed by atoms with van der Waals surface area (Å²) in [5, 5.41) is 12.2. The number of hydrogen-bond acceptors (Lipinski definition) is 2. The number of rotatable bonds is 2. The molecule has 17 heavy (non-hydrogen) atoms. The molecule has 1 aliphatic heterocycles. The van der Waals surface area contributed by atoms with Crippen LogP contribution >= 0.6 is 27.5 Å². The van der Waals surface area contributed by atoms with Gasteiger partial charge >= 0.3 is 5.97 Å². The number of benzene rings is 1. The summed E-state index contributed by atoms with van der Waals surface area (Å²) in [4.78, 5) is 10.8. The van der Waals surface area contributed by atoms with Crippen molar-refractivity contribution in [1.82, 2.24) is 5.32 Å². The smallest absolute Gasteiger partial charge is 0.307 e. The van der Waals surface area contributed by atoms with Gasteiger partial charge in [-0.3, -0.25) is 4.79 Å². The van der Waals surface area contributed by atoms with E-state index >= 15 is 0 Å². The number of carbonyl (C=O) groups is 1. The molecule has 0 spiro atoms. The highest BCUT2D eigenvalue weighted by atomic mass is 79.9. The number of nitrogens with one attached hydrogen (secondary N) is 1. The molecule has 0 radical (unpaired) electrons. The third kappa shape index (κ3) is 2.46. The molecule has 2 rings (SSSR count). The summed E-state index contributed by atoms with van der Waals surface area (Å²) in [5.41, 5.74) is 0.338. The Morgan fingerprint density at radius 1 is 1.59 bits per heavy atom. The van der Waals surface area contributed by atoms with Gasteiger partial charge in [-0.15, -0.1) is 0 Å². The number of hydrogen-bond donors (Lipinski definition) is 2. The molecule has 1 aliphatic rings. The molecule has 0 bridgehead atoms. The van der Waals surface area contributed by atoms with Crippen molar-refractivity contribution in [3.8, 4) is 0 Å². The topological polar surface area (TPSA) is 49.3 Å². The minimum Gasteiger partial charge on any atom is -0.481 e. The zero-order chi connectivity index (χ0) is 12.6. The van der Waals surface area contributed by atoms with Crippen LogP contribution in [0.25, 0.3) is 0 Å². The minimum atomic E-state index is -0.869. The van der Waals surface area contributed by atoms with Crippen LogP contribution in [-0.4, -0.2) is 17.6 Å². The number of aliphatic carboxylic acids is 1. The fraction of sp³-hybridized carbons (Fsp3) is 0.364. The van der Waals surface area contributed by atoms with Crippen LogP contribution in [0.4, 0.5) is 4.39 Å². The Labute approximate surface area is 111 Å². The van der Waals surface area contributed by atoms with Gasteiger partial charge in [0.2, 0.25) is 0 Å². The van der Waals surface area contributed by atoms with Crippen LogP contribution < -0.4 is 5.32 Å². The lowest BCUT2D eigenvalue weighted by atomic mass is 10.00. The zero-order valence-electron chi connectivity index (χ0n) is 8.71. The summed E-state index contributed by atoms with van der Waals surface area (Å²) >= 11 is 9.05. The van der Waals surface area contributed by atoms with Gasteiger partial charge < -0.3 is 10.4 Å². The first-order valence-corrected chi connectivity index (χ1v) is 6.27. The molecule has 2 atom stereocenters. The SMILES string of the molecule is O=C(O)C1CNC(c2c(Cl)ccc(Br)c2F)C1. The fourth-order valence-electron chi connectivity index (χ4n) is 2.01. The van der Waals surface area contributed by atoms with E-state index in [0.29, 0.717) is 28.0 Å². The largest absolute Gasteiger partial charge is 0.481 e. The number of carboxylic acid groups (broad SMARTS) is 1. The van der Waals surface area contributed by atoms with Crippen LogP contribution in [0.15, 0.2) is 16.6 Å². The molecule has 2 N–H and O–H groups in total. The van der Waals surface area contributed by atoms with E-state index in [1.54, 1.807) is 6.07 Å². The molecule has 1 heterocycles. The highest BCUT2D eigenvalue weighted by Crippen LogP contribution is 2.36. The second-order valence-corrected chi connectivity index (χ2v) is 5.25. The second-order valence-electron chi connectivity index (χ2n) is 3.99. The van der Waals surface area contributed by atoms with Gasteiger partial charge in [0, 0.05) is 23.2 Å².